The third kappa shape index (κ3) is 4.36. The molecule has 0 heterocycles. The average Bonchev–Trinajstić information content (AvgIpc) is 2.38. The first-order valence-corrected chi connectivity index (χ1v) is 8.45. The molecule has 2 nitrogen and oxygen atoms in total. The highest BCUT2D eigenvalue weighted by Crippen LogP contribution is 2.13. The molecule has 0 aliphatic carbocycles. The molecule has 0 spiro atoms. The standard InChI is InChI=1S/C18H20O2S/c1-13-5-4-6-16(10-13)11-21(20)12-18(19)17-8-7-14(2)9-15(17)3/h4-10H,11-12H2,1-3H3. The zero-order valence-corrected chi connectivity index (χ0v) is 13.5. The van der Waals surface area contributed by atoms with Crippen LogP contribution in [0.4, 0.5) is 0 Å². The van der Waals surface area contributed by atoms with Crippen LogP contribution in [0.2, 0.25) is 0 Å². The van der Waals surface area contributed by atoms with Gasteiger partial charge in [0.2, 0.25) is 0 Å². The van der Waals surface area contributed by atoms with E-state index in [1.54, 1.807) is 0 Å². The van der Waals surface area contributed by atoms with E-state index in [1.165, 1.54) is 0 Å². The summed E-state index contributed by atoms with van der Waals surface area (Å²) in [6, 6.07) is 13.7. The van der Waals surface area contributed by atoms with Gasteiger partial charge in [0.25, 0.3) is 0 Å². The molecule has 110 valence electrons. The summed E-state index contributed by atoms with van der Waals surface area (Å²) in [6.45, 7) is 5.92. The van der Waals surface area contributed by atoms with E-state index in [2.05, 4.69) is 0 Å². The summed E-state index contributed by atoms with van der Waals surface area (Å²) in [5.41, 5.74) is 4.92. The second-order valence-electron chi connectivity index (χ2n) is 5.46. The predicted molar refractivity (Wildman–Crippen MR) is 88.1 cm³/mol. The summed E-state index contributed by atoms with van der Waals surface area (Å²) in [5, 5.41) is 0. The maximum atomic E-state index is 12.3. The maximum Gasteiger partial charge on any atom is 0.175 e. The van der Waals surface area contributed by atoms with Crippen LogP contribution in [0.15, 0.2) is 42.5 Å². The van der Waals surface area contributed by atoms with E-state index in [4.69, 9.17) is 0 Å². The van der Waals surface area contributed by atoms with Crippen molar-refractivity contribution in [2.24, 2.45) is 0 Å². The van der Waals surface area contributed by atoms with Crippen LogP contribution < -0.4 is 0 Å². The van der Waals surface area contributed by atoms with Gasteiger partial charge in [-0.25, -0.2) is 0 Å². The van der Waals surface area contributed by atoms with Crippen molar-refractivity contribution in [1.82, 2.24) is 0 Å². The predicted octanol–water partition coefficient (Wildman–Crippen LogP) is 3.74. The minimum absolute atomic E-state index is 0.0431. The lowest BCUT2D eigenvalue weighted by Crippen LogP contribution is -2.13. The molecule has 21 heavy (non-hydrogen) atoms. The first-order valence-electron chi connectivity index (χ1n) is 6.96. The monoisotopic (exact) mass is 300 g/mol. The number of hydrogen-bond donors (Lipinski definition) is 0. The van der Waals surface area contributed by atoms with Crippen molar-refractivity contribution in [3.63, 3.8) is 0 Å². The molecule has 0 fully saturated rings. The van der Waals surface area contributed by atoms with Gasteiger partial charge in [-0.1, -0.05) is 53.6 Å². The van der Waals surface area contributed by atoms with Gasteiger partial charge in [0.05, 0.1) is 5.75 Å². The number of aryl methyl sites for hydroxylation is 3. The summed E-state index contributed by atoms with van der Waals surface area (Å²) < 4.78 is 12.2. The van der Waals surface area contributed by atoms with Gasteiger partial charge in [0, 0.05) is 22.1 Å². The van der Waals surface area contributed by atoms with Crippen molar-refractivity contribution < 1.29 is 9.00 Å². The topological polar surface area (TPSA) is 34.1 Å². The Bertz CT molecular complexity index is 689. The van der Waals surface area contributed by atoms with Gasteiger partial charge in [0.1, 0.15) is 0 Å². The van der Waals surface area contributed by atoms with Gasteiger partial charge in [0.15, 0.2) is 5.78 Å². The van der Waals surface area contributed by atoms with Gasteiger partial charge in [-0.3, -0.25) is 9.00 Å². The van der Waals surface area contributed by atoms with Gasteiger partial charge in [-0.15, -0.1) is 0 Å². The van der Waals surface area contributed by atoms with E-state index >= 15 is 0 Å². The van der Waals surface area contributed by atoms with E-state index < -0.39 is 10.8 Å². The Morgan fingerprint density at radius 1 is 1.00 bits per heavy atom. The molecule has 2 aromatic carbocycles. The Balaban J connectivity index is 2.04. The minimum Gasteiger partial charge on any atom is -0.293 e. The molecule has 0 aliphatic rings. The molecule has 0 saturated carbocycles. The Labute approximate surface area is 128 Å². The molecule has 0 saturated heterocycles. The number of hydrogen-bond acceptors (Lipinski definition) is 2. The summed E-state index contributed by atoms with van der Waals surface area (Å²) in [6.07, 6.45) is 0. The third-order valence-electron chi connectivity index (χ3n) is 3.38. The van der Waals surface area contributed by atoms with Crippen LogP contribution in [0.3, 0.4) is 0 Å². The van der Waals surface area contributed by atoms with Crippen LogP contribution >= 0.6 is 0 Å². The van der Waals surface area contributed by atoms with Crippen molar-refractivity contribution in [3.05, 3.63) is 70.3 Å². The van der Waals surface area contributed by atoms with Gasteiger partial charge < -0.3 is 0 Å². The van der Waals surface area contributed by atoms with Crippen molar-refractivity contribution in [2.45, 2.75) is 26.5 Å². The largest absolute Gasteiger partial charge is 0.293 e. The molecule has 0 bridgehead atoms. The fraction of sp³-hybridized carbons (Fsp3) is 0.278. The average molecular weight is 300 g/mol. The van der Waals surface area contributed by atoms with E-state index in [1.807, 2.05) is 63.2 Å². The fourth-order valence-corrected chi connectivity index (χ4v) is 3.49. The molecule has 0 aliphatic heterocycles. The quantitative estimate of drug-likeness (QED) is 0.788. The van der Waals surface area contributed by atoms with Crippen molar-refractivity contribution in [1.29, 1.82) is 0 Å². The number of carbonyl (C=O) groups is 1. The van der Waals surface area contributed by atoms with E-state index in [0.29, 0.717) is 11.3 Å². The third-order valence-corrected chi connectivity index (χ3v) is 4.62. The van der Waals surface area contributed by atoms with Gasteiger partial charge >= 0.3 is 0 Å². The van der Waals surface area contributed by atoms with Crippen molar-refractivity contribution in [2.75, 3.05) is 5.75 Å². The zero-order chi connectivity index (χ0) is 15.4. The van der Waals surface area contributed by atoms with Crippen LogP contribution in [0.5, 0.6) is 0 Å². The van der Waals surface area contributed by atoms with E-state index in [9.17, 15) is 9.00 Å². The van der Waals surface area contributed by atoms with Crippen LogP contribution in [0.1, 0.15) is 32.6 Å². The number of benzene rings is 2. The summed E-state index contributed by atoms with van der Waals surface area (Å²) in [7, 11) is -1.17. The maximum absolute atomic E-state index is 12.3. The number of rotatable bonds is 5. The van der Waals surface area contributed by atoms with Crippen LogP contribution in [-0.2, 0) is 16.6 Å². The summed E-state index contributed by atoms with van der Waals surface area (Å²) >= 11 is 0. The van der Waals surface area contributed by atoms with Crippen LogP contribution in [0.25, 0.3) is 0 Å². The second-order valence-corrected chi connectivity index (χ2v) is 6.92. The van der Waals surface area contributed by atoms with Crippen molar-refractivity contribution >= 4 is 16.6 Å². The molecule has 0 radical (unpaired) electrons. The molecule has 0 amide bonds. The Morgan fingerprint density at radius 2 is 1.71 bits per heavy atom. The first-order chi connectivity index (χ1) is 9.95. The summed E-state index contributed by atoms with van der Waals surface area (Å²) in [4.78, 5) is 12.3. The highest BCUT2D eigenvalue weighted by molar-refractivity contribution is 7.85. The fourth-order valence-electron chi connectivity index (χ4n) is 2.39. The smallest absolute Gasteiger partial charge is 0.175 e. The molecule has 1 unspecified atom stereocenters. The molecule has 2 aromatic rings. The lowest BCUT2D eigenvalue weighted by molar-refractivity contribution is 0.102. The molecule has 2 rings (SSSR count). The number of ketones is 1. The van der Waals surface area contributed by atoms with Crippen LogP contribution in [0, 0.1) is 20.8 Å². The SMILES string of the molecule is Cc1cccc(CS(=O)CC(=O)c2ccc(C)cc2C)c1. The number of Topliss-reactive ketones (excluding diaryl/α,β-unsaturated/α-hetero) is 1. The highest BCUT2D eigenvalue weighted by atomic mass is 32.2. The van der Waals surface area contributed by atoms with Gasteiger partial charge in [-0.2, -0.15) is 0 Å². The Hall–Kier alpha value is -1.74. The van der Waals surface area contributed by atoms with Crippen molar-refractivity contribution in [3.8, 4) is 0 Å². The second kappa shape index (κ2) is 6.81. The Morgan fingerprint density at radius 3 is 2.38 bits per heavy atom. The lowest BCUT2D eigenvalue weighted by atomic mass is 10.0. The molecule has 0 aromatic heterocycles. The molecular weight excluding hydrogens is 280 g/mol. The van der Waals surface area contributed by atoms with Crippen LogP contribution in [-0.4, -0.2) is 15.7 Å². The highest BCUT2D eigenvalue weighted by Gasteiger charge is 2.13. The lowest BCUT2D eigenvalue weighted by Gasteiger charge is -2.07. The number of carbonyl (C=O) groups excluding carboxylic acids is 1. The van der Waals surface area contributed by atoms with E-state index in [0.717, 1.165) is 22.3 Å². The minimum atomic E-state index is -1.17. The summed E-state index contributed by atoms with van der Waals surface area (Å²) in [5.74, 6) is 0.467. The molecular formula is C18H20O2S. The zero-order valence-electron chi connectivity index (χ0n) is 12.7. The van der Waals surface area contributed by atoms with E-state index in [-0.39, 0.29) is 11.5 Å². The normalized spacial score (nSPS) is 12.1. The molecule has 0 N–H and O–H groups in total. The van der Waals surface area contributed by atoms with Gasteiger partial charge in [-0.05, 0) is 31.9 Å². The molecule has 3 heteroatoms. The first kappa shape index (κ1) is 15.6. The Kier molecular flexibility index (Phi) is 5.07. The molecule has 1 atom stereocenters.